The molecular weight excluding hydrogens is 362 g/mol. The van der Waals surface area contributed by atoms with Crippen LogP contribution in [0, 0.1) is 6.92 Å². The number of aryl methyl sites for hydroxylation is 1. The zero-order chi connectivity index (χ0) is 15.4. The van der Waals surface area contributed by atoms with Crippen LogP contribution in [0.5, 0.6) is 5.75 Å². The van der Waals surface area contributed by atoms with Gasteiger partial charge in [-0.15, -0.1) is 11.3 Å². The van der Waals surface area contributed by atoms with E-state index in [0.717, 1.165) is 32.4 Å². The molecule has 0 aliphatic carbocycles. The second kappa shape index (κ2) is 6.89. The van der Waals surface area contributed by atoms with Crippen molar-refractivity contribution in [2.24, 2.45) is 0 Å². The van der Waals surface area contributed by atoms with Crippen LogP contribution in [0.3, 0.4) is 0 Å². The van der Waals surface area contributed by atoms with Gasteiger partial charge < -0.3 is 10.1 Å². The second-order valence-corrected chi connectivity index (χ2v) is 6.41. The molecule has 4 nitrogen and oxygen atoms in total. The predicted octanol–water partition coefficient (Wildman–Crippen LogP) is 4.93. The summed E-state index contributed by atoms with van der Waals surface area (Å²) < 4.78 is 6.59. The molecule has 112 valence electrons. The number of nitrogens with zero attached hydrogens (tertiary/aromatic N) is 2. The number of thiazole rings is 1. The molecule has 0 atom stereocenters. The lowest BCUT2D eigenvalue weighted by molar-refractivity contribution is 0.305. The molecule has 0 aliphatic heterocycles. The number of halogens is 1. The third-order valence-electron chi connectivity index (χ3n) is 2.91. The van der Waals surface area contributed by atoms with Gasteiger partial charge in [0.05, 0.1) is 16.4 Å². The van der Waals surface area contributed by atoms with E-state index in [2.05, 4.69) is 31.2 Å². The largest absolute Gasteiger partial charge is 0.487 e. The molecule has 3 rings (SSSR count). The Hall–Kier alpha value is -1.92. The first-order valence-electron chi connectivity index (χ1n) is 6.72. The van der Waals surface area contributed by atoms with E-state index in [4.69, 9.17) is 4.74 Å². The Morgan fingerprint density at radius 2 is 2.09 bits per heavy atom. The quantitative estimate of drug-likeness (QED) is 0.686. The number of pyridine rings is 1. The lowest BCUT2D eigenvalue weighted by Crippen LogP contribution is -1.98. The summed E-state index contributed by atoms with van der Waals surface area (Å²) in [5.74, 6) is 1.44. The average molecular weight is 376 g/mol. The lowest BCUT2D eigenvalue weighted by atomic mass is 10.2. The van der Waals surface area contributed by atoms with Crippen molar-refractivity contribution in [3.63, 3.8) is 0 Å². The van der Waals surface area contributed by atoms with E-state index in [-0.39, 0.29) is 0 Å². The molecule has 0 saturated carbocycles. The van der Waals surface area contributed by atoms with Crippen LogP contribution in [0.4, 0.5) is 10.9 Å². The van der Waals surface area contributed by atoms with E-state index in [1.54, 1.807) is 17.5 Å². The van der Waals surface area contributed by atoms with Crippen LogP contribution < -0.4 is 10.1 Å². The third-order valence-corrected chi connectivity index (χ3v) is 4.39. The zero-order valence-electron chi connectivity index (χ0n) is 11.9. The summed E-state index contributed by atoms with van der Waals surface area (Å²) in [7, 11) is 0. The van der Waals surface area contributed by atoms with Crippen molar-refractivity contribution in [3.8, 4) is 5.75 Å². The van der Waals surface area contributed by atoms with Crippen molar-refractivity contribution < 1.29 is 4.74 Å². The van der Waals surface area contributed by atoms with Gasteiger partial charge in [-0.3, -0.25) is 0 Å². The van der Waals surface area contributed by atoms with Crippen molar-refractivity contribution in [2.45, 2.75) is 13.5 Å². The van der Waals surface area contributed by atoms with Crippen LogP contribution in [0.2, 0.25) is 0 Å². The number of benzene rings is 1. The summed E-state index contributed by atoms with van der Waals surface area (Å²) in [5, 5.41) is 6.00. The molecule has 3 aromatic rings. The van der Waals surface area contributed by atoms with Gasteiger partial charge in [-0.05, 0) is 34.5 Å². The topological polar surface area (TPSA) is 47.0 Å². The number of aromatic nitrogens is 2. The summed E-state index contributed by atoms with van der Waals surface area (Å²) in [6, 6.07) is 11.9. The number of hydrogen-bond donors (Lipinski definition) is 1. The van der Waals surface area contributed by atoms with Gasteiger partial charge in [0.1, 0.15) is 18.2 Å². The van der Waals surface area contributed by atoms with Gasteiger partial charge in [-0.25, -0.2) is 9.97 Å². The minimum Gasteiger partial charge on any atom is -0.487 e. The standard InChI is InChI=1S/C16H14BrN3OS/c1-11-10-22-16(19-11)20-15-14(17)7-13(8-18-15)21-9-12-5-3-2-4-6-12/h2-8,10H,9H2,1H3,(H,18,19,20). The molecule has 0 bridgehead atoms. The van der Waals surface area contributed by atoms with Crippen LogP contribution in [-0.2, 0) is 6.61 Å². The van der Waals surface area contributed by atoms with Crippen LogP contribution in [-0.4, -0.2) is 9.97 Å². The highest BCUT2D eigenvalue weighted by molar-refractivity contribution is 9.10. The van der Waals surface area contributed by atoms with E-state index < -0.39 is 0 Å². The Bertz CT molecular complexity index is 761. The smallest absolute Gasteiger partial charge is 0.188 e. The molecular formula is C16H14BrN3OS. The summed E-state index contributed by atoms with van der Waals surface area (Å²) in [6.45, 7) is 2.48. The van der Waals surface area contributed by atoms with Crippen molar-refractivity contribution >= 4 is 38.2 Å². The molecule has 22 heavy (non-hydrogen) atoms. The molecule has 0 fully saturated rings. The molecule has 0 amide bonds. The Morgan fingerprint density at radius 1 is 1.27 bits per heavy atom. The van der Waals surface area contributed by atoms with Gasteiger partial charge in [-0.1, -0.05) is 30.3 Å². The highest BCUT2D eigenvalue weighted by Crippen LogP contribution is 2.28. The monoisotopic (exact) mass is 375 g/mol. The van der Waals surface area contributed by atoms with Gasteiger partial charge >= 0.3 is 0 Å². The molecule has 0 radical (unpaired) electrons. The highest BCUT2D eigenvalue weighted by Gasteiger charge is 2.07. The summed E-state index contributed by atoms with van der Waals surface area (Å²) >= 11 is 5.06. The number of anilines is 2. The van der Waals surface area contributed by atoms with Gasteiger partial charge in [-0.2, -0.15) is 0 Å². The molecule has 2 heterocycles. The predicted molar refractivity (Wildman–Crippen MR) is 92.8 cm³/mol. The summed E-state index contributed by atoms with van der Waals surface area (Å²) in [6.07, 6.45) is 1.70. The first-order chi connectivity index (χ1) is 10.7. The molecule has 2 aromatic heterocycles. The lowest BCUT2D eigenvalue weighted by Gasteiger charge is -2.09. The molecule has 6 heteroatoms. The number of hydrogen-bond acceptors (Lipinski definition) is 5. The minimum absolute atomic E-state index is 0.521. The summed E-state index contributed by atoms with van der Waals surface area (Å²) in [4.78, 5) is 8.74. The molecule has 0 unspecified atom stereocenters. The first-order valence-corrected chi connectivity index (χ1v) is 8.39. The molecule has 0 saturated heterocycles. The molecule has 0 aliphatic rings. The van der Waals surface area contributed by atoms with E-state index in [1.165, 1.54) is 0 Å². The third kappa shape index (κ3) is 3.84. The van der Waals surface area contributed by atoms with E-state index in [0.29, 0.717) is 6.61 Å². The van der Waals surface area contributed by atoms with Crippen molar-refractivity contribution in [1.29, 1.82) is 0 Å². The fraction of sp³-hybridized carbons (Fsp3) is 0.125. The van der Waals surface area contributed by atoms with Crippen LogP contribution in [0.15, 0.2) is 52.4 Å². The minimum atomic E-state index is 0.521. The van der Waals surface area contributed by atoms with Crippen LogP contribution in [0.25, 0.3) is 0 Å². The van der Waals surface area contributed by atoms with E-state index in [1.807, 2.05) is 48.7 Å². The maximum Gasteiger partial charge on any atom is 0.188 e. The highest BCUT2D eigenvalue weighted by atomic mass is 79.9. The van der Waals surface area contributed by atoms with Crippen molar-refractivity contribution in [3.05, 3.63) is 63.7 Å². The van der Waals surface area contributed by atoms with Gasteiger partial charge in [0.15, 0.2) is 5.13 Å². The maximum absolute atomic E-state index is 5.75. The number of nitrogens with one attached hydrogen (secondary N) is 1. The normalized spacial score (nSPS) is 10.5. The Labute approximate surface area is 141 Å². The molecule has 1 aromatic carbocycles. The van der Waals surface area contributed by atoms with Crippen molar-refractivity contribution in [2.75, 3.05) is 5.32 Å². The Morgan fingerprint density at radius 3 is 2.77 bits per heavy atom. The molecule has 1 N–H and O–H groups in total. The maximum atomic E-state index is 5.75. The number of ether oxygens (including phenoxy) is 1. The van der Waals surface area contributed by atoms with Gasteiger partial charge in [0.2, 0.25) is 0 Å². The fourth-order valence-corrected chi connectivity index (χ4v) is 2.96. The van der Waals surface area contributed by atoms with E-state index >= 15 is 0 Å². The number of rotatable bonds is 5. The molecule has 0 spiro atoms. The van der Waals surface area contributed by atoms with Gasteiger partial charge in [0, 0.05) is 5.38 Å². The van der Waals surface area contributed by atoms with Crippen molar-refractivity contribution in [1.82, 2.24) is 9.97 Å². The Balaban J connectivity index is 1.66. The fourth-order valence-electron chi connectivity index (χ4n) is 1.84. The summed E-state index contributed by atoms with van der Waals surface area (Å²) in [5.41, 5.74) is 2.12. The van der Waals surface area contributed by atoms with Crippen LogP contribution in [0.1, 0.15) is 11.3 Å². The zero-order valence-corrected chi connectivity index (χ0v) is 14.3. The second-order valence-electron chi connectivity index (χ2n) is 4.69. The van der Waals surface area contributed by atoms with Gasteiger partial charge in [0.25, 0.3) is 0 Å². The average Bonchev–Trinajstić information content (AvgIpc) is 2.94. The first kappa shape index (κ1) is 15.0. The Kier molecular flexibility index (Phi) is 4.70. The SMILES string of the molecule is Cc1csc(Nc2ncc(OCc3ccccc3)cc2Br)n1. The van der Waals surface area contributed by atoms with E-state index in [9.17, 15) is 0 Å². The van der Waals surface area contributed by atoms with Crippen LogP contribution >= 0.6 is 27.3 Å².